The maximum atomic E-state index is 6.15. The monoisotopic (exact) mass is 281 g/mol. The topological polar surface area (TPSA) is 78.0 Å². The molecule has 0 bridgehead atoms. The van der Waals surface area contributed by atoms with Crippen LogP contribution in [0.15, 0.2) is 6.33 Å². The highest BCUT2D eigenvalue weighted by molar-refractivity contribution is 5.01. The summed E-state index contributed by atoms with van der Waals surface area (Å²) in [6.45, 7) is 5.67. The minimum Gasteiger partial charge on any atom is -0.374 e. The molecule has 1 atom stereocenters. The highest BCUT2D eigenvalue weighted by Crippen LogP contribution is 2.35. The van der Waals surface area contributed by atoms with E-state index < -0.39 is 0 Å². The van der Waals surface area contributed by atoms with Gasteiger partial charge in [-0.05, 0) is 26.7 Å². The normalized spacial score (nSPS) is 19.9. The third-order valence-electron chi connectivity index (χ3n) is 4.35. The maximum absolute atomic E-state index is 6.15. The van der Waals surface area contributed by atoms with Crippen LogP contribution < -0.4 is 11.3 Å². The zero-order valence-electron chi connectivity index (χ0n) is 12.6. The van der Waals surface area contributed by atoms with Crippen LogP contribution in [0.4, 0.5) is 0 Å². The first kappa shape index (κ1) is 15.4. The van der Waals surface area contributed by atoms with Crippen LogP contribution >= 0.6 is 0 Å². The van der Waals surface area contributed by atoms with Gasteiger partial charge < -0.3 is 4.74 Å². The second-order valence-electron chi connectivity index (χ2n) is 5.47. The Morgan fingerprint density at radius 2 is 2.15 bits per heavy atom. The summed E-state index contributed by atoms with van der Waals surface area (Å²) < 4.78 is 8.07. The fourth-order valence-corrected chi connectivity index (χ4v) is 3.32. The minimum absolute atomic E-state index is 0.0808. The molecule has 0 aromatic carbocycles. The average molecular weight is 281 g/mol. The number of rotatable bonds is 7. The first-order chi connectivity index (χ1) is 9.75. The summed E-state index contributed by atoms with van der Waals surface area (Å²) in [4.78, 5) is 4.36. The molecule has 3 N–H and O–H groups in total. The summed E-state index contributed by atoms with van der Waals surface area (Å²) in [7, 11) is 0. The molecule has 1 aliphatic rings. The van der Waals surface area contributed by atoms with Gasteiger partial charge in [0.2, 0.25) is 0 Å². The maximum Gasteiger partial charge on any atom is 0.138 e. The van der Waals surface area contributed by atoms with E-state index in [1.54, 1.807) is 6.33 Å². The summed E-state index contributed by atoms with van der Waals surface area (Å²) in [6, 6.07) is 0.0808. The molecule has 1 aromatic heterocycles. The molecule has 1 aromatic rings. The third-order valence-corrected chi connectivity index (χ3v) is 4.35. The Morgan fingerprint density at radius 1 is 1.40 bits per heavy atom. The number of ether oxygens (including phenoxy) is 1. The van der Waals surface area contributed by atoms with Gasteiger partial charge in [0.05, 0.1) is 11.6 Å². The molecule has 6 nitrogen and oxygen atoms in total. The Bertz CT molecular complexity index is 395. The molecule has 0 radical (unpaired) electrons. The highest BCUT2D eigenvalue weighted by Gasteiger charge is 2.40. The van der Waals surface area contributed by atoms with Crippen molar-refractivity contribution in [1.82, 2.24) is 20.2 Å². The van der Waals surface area contributed by atoms with Crippen molar-refractivity contribution in [3.05, 3.63) is 12.2 Å². The summed E-state index contributed by atoms with van der Waals surface area (Å²) in [5, 5.41) is 4.23. The van der Waals surface area contributed by atoms with E-state index in [-0.39, 0.29) is 11.6 Å². The second-order valence-corrected chi connectivity index (χ2v) is 5.47. The molecule has 1 heterocycles. The first-order valence-corrected chi connectivity index (χ1v) is 7.72. The van der Waals surface area contributed by atoms with Gasteiger partial charge in [0, 0.05) is 19.6 Å². The SMILES string of the molecule is CCOC1(C(Cc2ncnn2CC)NN)CCCCC1. The molecule has 6 heteroatoms. The van der Waals surface area contributed by atoms with E-state index in [9.17, 15) is 0 Å². The van der Waals surface area contributed by atoms with Gasteiger partial charge >= 0.3 is 0 Å². The Morgan fingerprint density at radius 3 is 2.75 bits per heavy atom. The van der Waals surface area contributed by atoms with Crippen LogP contribution in [0.2, 0.25) is 0 Å². The third kappa shape index (κ3) is 3.19. The van der Waals surface area contributed by atoms with E-state index in [2.05, 4.69) is 29.4 Å². The lowest BCUT2D eigenvalue weighted by Gasteiger charge is -2.42. The minimum atomic E-state index is -0.160. The number of aryl methyl sites for hydroxylation is 1. The van der Waals surface area contributed by atoms with Crippen molar-refractivity contribution < 1.29 is 4.74 Å². The Kier molecular flexibility index (Phi) is 5.51. The molecule has 0 aliphatic heterocycles. The zero-order valence-corrected chi connectivity index (χ0v) is 12.6. The van der Waals surface area contributed by atoms with E-state index in [4.69, 9.17) is 10.6 Å². The van der Waals surface area contributed by atoms with E-state index in [1.807, 2.05) is 4.68 Å². The molecule has 1 unspecified atom stereocenters. The van der Waals surface area contributed by atoms with Crippen molar-refractivity contribution in [3.63, 3.8) is 0 Å². The summed E-state index contributed by atoms with van der Waals surface area (Å²) in [5.74, 6) is 6.81. The van der Waals surface area contributed by atoms with E-state index in [1.165, 1.54) is 19.3 Å². The van der Waals surface area contributed by atoms with Crippen molar-refractivity contribution in [2.75, 3.05) is 6.61 Å². The lowest BCUT2D eigenvalue weighted by Crippen LogP contribution is -2.57. The number of nitrogens with two attached hydrogens (primary N) is 1. The van der Waals surface area contributed by atoms with Gasteiger partial charge in [-0.25, -0.2) is 4.98 Å². The summed E-state index contributed by atoms with van der Waals surface area (Å²) in [5.41, 5.74) is 2.82. The van der Waals surface area contributed by atoms with E-state index >= 15 is 0 Å². The molecule has 0 saturated heterocycles. The van der Waals surface area contributed by atoms with Gasteiger partial charge in [-0.15, -0.1) is 0 Å². The predicted molar refractivity (Wildman–Crippen MR) is 78.0 cm³/mol. The molecule has 1 saturated carbocycles. The standard InChI is InChI=1S/C14H27N5O/c1-3-19-13(16-11-17-19)10-12(18-15)14(20-4-2)8-6-5-7-9-14/h11-12,18H,3-10,15H2,1-2H3. The molecule has 20 heavy (non-hydrogen) atoms. The molecule has 0 spiro atoms. The average Bonchev–Trinajstić information content (AvgIpc) is 2.93. The summed E-state index contributed by atoms with van der Waals surface area (Å²) in [6.07, 6.45) is 8.20. The second kappa shape index (κ2) is 7.15. The molecule has 1 fully saturated rings. The Labute approximate surface area is 121 Å². The van der Waals surface area contributed by atoms with Gasteiger partial charge in [0.25, 0.3) is 0 Å². The number of hydrazine groups is 1. The fraction of sp³-hybridized carbons (Fsp3) is 0.857. The van der Waals surface area contributed by atoms with Gasteiger partial charge in [-0.3, -0.25) is 16.0 Å². The van der Waals surface area contributed by atoms with Crippen LogP contribution in [0, 0.1) is 0 Å². The van der Waals surface area contributed by atoms with Crippen LogP contribution in [0.25, 0.3) is 0 Å². The molecule has 0 amide bonds. The van der Waals surface area contributed by atoms with Gasteiger partial charge in [-0.2, -0.15) is 5.10 Å². The molecule has 114 valence electrons. The molecular formula is C14H27N5O. The first-order valence-electron chi connectivity index (χ1n) is 7.72. The Hall–Kier alpha value is -0.980. The fourth-order valence-electron chi connectivity index (χ4n) is 3.32. The predicted octanol–water partition coefficient (Wildman–Crippen LogP) is 1.41. The Balaban J connectivity index is 2.15. The number of aromatic nitrogens is 3. The van der Waals surface area contributed by atoms with Gasteiger partial charge in [0.1, 0.15) is 12.2 Å². The van der Waals surface area contributed by atoms with Crippen molar-refractivity contribution >= 4 is 0 Å². The molecule has 2 rings (SSSR count). The summed E-state index contributed by atoms with van der Waals surface area (Å²) >= 11 is 0. The van der Waals surface area contributed by atoms with Crippen molar-refractivity contribution in [2.24, 2.45) is 5.84 Å². The van der Waals surface area contributed by atoms with Gasteiger partial charge in [0.15, 0.2) is 0 Å². The number of hydrogen-bond donors (Lipinski definition) is 2. The largest absolute Gasteiger partial charge is 0.374 e. The lowest BCUT2D eigenvalue weighted by molar-refractivity contribution is -0.0903. The number of nitrogens with zero attached hydrogens (tertiary/aromatic N) is 3. The lowest BCUT2D eigenvalue weighted by atomic mass is 9.78. The smallest absolute Gasteiger partial charge is 0.138 e. The van der Waals surface area contributed by atoms with Crippen LogP contribution in [-0.2, 0) is 17.7 Å². The van der Waals surface area contributed by atoms with E-state index in [0.717, 1.165) is 38.2 Å². The quantitative estimate of drug-likeness (QED) is 0.583. The molecule has 1 aliphatic carbocycles. The number of hydrogen-bond acceptors (Lipinski definition) is 5. The van der Waals surface area contributed by atoms with Crippen molar-refractivity contribution in [1.29, 1.82) is 0 Å². The van der Waals surface area contributed by atoms with Crippen LogP contribution in [0.1, 0.15) is 51.8 Å². The number of nitrogens with one attached hydrogen (secondary N) is 1. The van der Waals surface area contributed by atoms with Crippen molar-refractivity contribution in [3.8, 4) is 0 Å². The highest BCUT2D eigenvalue weighted by atomic mass is 16.5. The van der Waals surface area contributed by atoms with Crippen LogP contribution in [0.3, 0.4) is 0 Å². The molecular weight excluding hydrogens is 254 g/mol. The van der Waals surface area contributed by atoms with E-state index in [0.29, 0.717) is 0 Å². The van der Waals surface area contributed by atoms with Gasteiger partial charge in [-0.1, -0.05) is 19.3 Å². The van der Waals surface area contributed by atoms with Crippen LogP contribution in [0.5, 0.6) is 0 Å². The van der Waals surface area contributed by atoms with Crippen LogP contribution in [-0.4, -0.2) is 33.0 Å². The zero-order chi connectivity index (χ0) is 14.4. The van der Waals surface area contributed by atoms with Crippen molar-refractivity contribution in [2.45, 2.75) is 70.6 Å².